The topological polar surface area (TPSA) is 40.6 Å². The van der Waals surface area contributed by atoms with Crippen LogP contribution in [0.4, 0.5) is 5.69 Å². The predicted octanol–water partition coefficient (Wildman–Crippen LogP) is 3.48. The van der Waals surface area contributed by atoms with Crippen LogP contribution in [-0.4, -0.2) is 36.6 Å². The molecule has 0 N–H and O–H groups in total. The minimum absolute atomic E-state index is 0.0229. The summed E-state index contributed by atoms with van der Waals surface area (Å²) in [6.45, 7) is 1.06. The SMILES string of the molecule is CSc1ccc(N2C[C@@H](C(=O)N(C)Cc3cccs3)CC2=O)cc1. The molecule has 1 aromatic heterocycles. The fourth-order valence-corrected chi connectivity index (χ4v) is 4.08. The molecule has 3 rings (SSSR count). The third kappa shape index (κ3) is 3.65. The molecule has 6 heteroatoms. The molecule has 1 saturated heterocycles. The first-order valence-corrected chi connectivity index (χ1v) is 9.90. The minimum Gasteiger partial charge on any atom is -0.340 e. The third-order valence-electron chi connectivity index (χ3n) is 4.21. The highest BCUT2D eigenvalue weighted by Gasteiger charge is 2.36. The summed E-state index contributed by atoms with van der Waals surface area (Å²) in [5, 5.41) is 2.01. The average Bonchev–Trinajstić information content (AvgIpc) is 3.24. The van der Waals surface area contributed by atoms with Gasteiger partial charge in [0.15, 0.2) is 0 Å². The van der Waals surface area contributed by atoms with Gasteiger partial charge >= 0.3 is 0 Å². The molecule has 24 heavy (non-hydrogen) atoms. The van der Waals surface area contributed by atoms with Crippen LogP contribution in [0.3, 0.4) is 0 Å². The van der Waals surface area contributed by atoms with Crippen LogP contribution in [0.25, 0.3) is 0 Å². The summed E-state index contributed by atoms with van der Waals surface area (Å²) in [6.07, 6.45) is 2.31. The van der Waals surface area contributed by atoms with Gasteiger partial charge in [0.05, 0.1) is 12.5 Å². The zero-order valence-corrected chi connectivity index (χ0v) is 15.4. The molecule has 0 aliphatic carbocycles. The van der Waals surface area contributed by atoms with Crippen molar-refractivity contribution in [3.05, 3.63) is 46.7 Å². The standard InChI is InChI=1S/C18H20N2O2S2/c1-19(12-16-4-3-9-24-16)18(22)13-10-17(21)20(11-13)14-5-7-15(23-2)8-6-14/h3-9,13H,10-12H2,1-2H3/t13-/m0/s1. The lowest BCUT2D eigenvalue weighted by molar-refractivity contribution is -0.135. The monoisotopic (exact) mass is 360 g/mol. The van der Waals surface area contributed by atoms with Gasteiger partial charge in [-0.3, -0.25) is 9.59 Å². The molecule has 1 fully saturated rings. The molecule has 2 heterocycles. The van der Waals surface area contributed by atoms with Gasteiger partial charge in [0.2, 0.25) is 11.8 Å². The molecule has 126 valence electrons. The Bertz CT molecular complexity index is 713. The van der Waals surface area contributed by atoms with Crippen molar-refractivity contribution in [1.29, 1.82) is 0 Å². The van der Waals surface area contributed by atoms with E-state index in [1.807, 2.05) is 55.1 Å². The minimum atomic E-state index is -0.261. The van der Waals surface area contributed by atoms with Crippen LogP contribution in [-0.2, 0) is 16.1 Å². The van der Waals surface area contributed by atoms with E-state index in [0.717, 1.165) is 15.5 Å². The number of rotatable bonds is 5. The molecule has 4 nitrogen and oxygen atoms in total. The van der Waals surface area contributed by atoms with Gasteiger partial charge in [0.1, 0.15) is 0 Å². The quantitative estimate of drug-likeness (QED) is 0.767. The first-order chi connectivity index (χ1) is 11.6. The molecule has 0 unspecified atom stereocenters. The van der Waals surface area contributed by atoms with E-state index in [0.29, 0.717) is 13.1 Å². The smallest absolute Gasteiger partial charge is 0.228 e. The zero-order valence-electron chi connectivity index (χ0n) is 13.8. The number of carbonyl (C=O) groups excluding carboxylic acids is 2. The summed E-state index contributed by atoms with van der Waals surface area (Å²) in [6, 6.07) is 11.9. The number of thiophene rings is 1. The van der Waals surface area contributed by atoms with Crippen LogP contribution in [0.2, 0.25) is 0 Å². The Labute approximate surface area is 150 Å². The van der Waals surface area contributed by atoms with Gasteiger partial charge in [-0.1, -0.05) is 6.07 Å². The van der Waals surface area contributed by atoms with Crippen LogP contribution in [0.15, 0.2) is 46.7 Å². The van der Waals surface area contributed by atoms with Crippen molar-refractivity contribution in [3.63, 3.8) is 0 Å². The van der Waals surface area contributed by atoms with Gasteiger partial charge in [-0.05, 0) is 42.0 Å². The number of thioether (sulfide) groups is 1. The summed E-state index contributed by atoms with van der Waals surface area (Å²) in [4.78, 5) is 30.7. The summed E-state index contributed by atoms with van der Waals surface area (Å²) < 4.78 is 0. The summed E-state index contributed by atoms with van der Waals surface area (Å²) >= 11 is 3.31. The zero-order chi connectivity index (χ0) is 17.1. The van der Waals surface area contributed by atoms with E-state index >= 15 is 0 Å². The van der Waals surface area contributed by atoms with Crippen LogP contribution in [0, 0.1) is 5.92 Å². The molecule has 1 atom stereocenters. The highest BCUT2D eigenvalue weighted by molar-refractivity contribution is 7.98. The van der Waals surface area contributed by atoms with E-state index in [2.05, 4.69) is 0 Å². The number of nitrogens with zero attached hydrogens (tertiary/aromatic N) is 2. The van der Waals surface area contributed by atoms with Crippen molar-refractivity contribution in [2.45, 2.75) is 17.9 Å². The van der Waals surface area contributed by atoms with Gasteiger partial charge in [-0.25, -0.2) is 0 Å². The molecule has 1 aromatic carbocycles. The van der Waals surface area contributed by atoms with Crippen molar-refractivity contribution < 1.29 is 9.59 Å². The van der Waals surface area contributed by atoms with Crippen LogP contribution >= 0.6 is 23.1 Å². The maximum absolute atomic E-state index is 12.6. The van der Waals surface area contributed by atoms with Gasteiger partial charge < -0.3 is 9.80 Å². The second-order valence-electron chi connectivity index (χ2n) is 5.88. The summed E-state index contributed by atoms with van der Waals surface area (Å²) in [5.41, 5.74) is 0.869. The number of anilines is 1. The number of hydrogen-bond donors (Lipinski definition) is 0. The Morgan fingerprint density at radius 1 is 1.33 bits per heavy atom. The van der Waals surface area contributed by atoms with Crippen LogP contribution in [0.5, 0.6) is 0 Å². The van der Waals surface area contributed by atoms with Crippen molar-refractivity contribution in [2.24, 2.45) is 5.92 Å². The molecule has 0 radical (unpaired) electrons. The average molecular weight is 361 g/mol. The van der Waals surface area contributed by atoms with Crippen molar-refractivity contribution in [2.75, 3.05) is 24.7 Å². The van der Waals surface area contributed by atoms with Crippen molar-refractivity contribution in [3.8, 4) is 0 Å². The van der Waals surface area contributed by atoms with Crippen molar-refractivity contribution >= 4 is 40.6 Å². The lowest BCUT2D eigenvalue weighted by Gasteiger charge is -2.21. The lowest BCUT2D eigenvalue weighted by atomic mass is 10.1. The fraction of sp³-hybridized carbons (Fsp3) is 0.333. The molecule has 0 bridgehead atoms. The maximum atomic E-state index is 12.6. The molecule has 0 spiro atoms. The van der Waals surface area contributed by atoms with E-state index < -0.39 is 0 Å². The van der Waals surface area contributed by atoms with E-state index in [9.17, 15) is 9.59 Å². The number of hydrogen-bond acceptors (Lipinski definition) is 4. The predicted molar refractivity (Wildman–Crippen MR) is 99.5 cm³/mol. The number of benzene rings is 1. The van der Waals surface area contributed by atoms with Gasteiger partial charge in [-0.15, -0.1) is 23.1 Å². The summed E-state index contributed by atoms with van der Waals surface area (Å²) in [7, 11) is 1.81. The first-order valence-electron chi connectivity index (χ1n) is 7.80. The van der Waals surface area contributed by atoms with E-state index in [-0.39, 0.29) is 24.2 Å². The lowest BCUT2D eigenvalue weighted by Crippen LogP contribution is -2.34. The van der Waals surface area contributed by atoms with Gasteiger partial charge in [-0.2, -0.15) is 0 Å². The maximum Gasteiger partial charge on any atom is 0.228 e. The number of carbonyl (C=O) groups is 2. The van der Waals surface area contributed by atoms with E-state index in [1.165, 1.54) is 0 Å². The highest BCUT2D eigenvalue weighted by Crippen LogP contribution is 2.28. The molecule has 2 aromatic rings. The second-order valence-corrected chi connectivity index (χ2v) is 7.79. The molecule has 1 aliphatic heterocycles. The molecule has 1 aliphatic rings. The third-order valence-corrected chi connectivity index (χ3v) is 5.81. The van der Waals surface area contributed by atoms with E-state index in [1.54, 1.807) is 32.9 Å². The molecular weight excluding hydrogens is 340 g/mol. The van der Waals surface area contributed by atoms with E-state index in [4.69, 9.17) is 0 Å². The van der Waals surface area contributed by atoms with Crippen molar-refractivity contribution in [1.82, 2.24) is 4.90 Å². The highest BCUT2D eigenvalue weighted by atomic mass is 32.2. The van der Waals surface area contributed by atoms with Crippen LogP contribution < -0.4 is 4.90 Å². The Morgan fingerprint density at radius 2 is 2.08 bits per heavy atom. The fourth-order valence-electron chi connectivity index (χ4n) is 2.91. The normalized spacial score (nSPS) is 17.3. The first kappa shape index (κ1) is 17.0. The van der Waals surface area contributed by atoms with Gasteiger partial charge in [0.25, 0.3) is 0 Å². The Hall–Kier alpha value is -1.79. The Morgan fingerprint density at radius 3 is 2.71 bits per heavy atom. The largest absolute Gasteiger partial charge is 0.340 e. The van der Waals surface area contributed by atoms with Crippen LogP contribution in [0.1, 0.15) is 11.3 Å². The number of amides is 2. The second kappa shape index (κ2) is 7.40. The molecular formula is C18H20N2O2S2. The van der Waals surface area contributed by atoms with Gasteiger partial charge in [0, 0.05) is 35.5 Å². The molecule has 2 amide bonds. The Kier molecular flexibility index (Phi) is 5.26. The Balaban J connectivity index is 1.65. The summed E-state index contributed by atoms with van der Waals surface area (Å²) in [5.74, 6) is -0.197. The molecule has 0 saturated carbocycles.